The number of hydrogen-bond donors (Lipinski definition) is 1. The van der Waals surface area contributed by atoms with E-state index in [1.807, 2.05) is 0 Å². The summed E-state index contributed by atoms with van der Waals surface area (Å²) < 4.78 is 5.60. The van der Waals surface area contributed by atoms with Gasteiger partial charge in [0.15, 0.2) is 11.7 Å². The molecule has 0 bridgehead atoms. The van der Waals surface area contributed by atoms with Crippen LogP contribution in [0.2, 0.25) is 0 Å². The van der Waals surface area contributed by atoms with Crippen molar-refractivity contribution >= 4 is 0 Å². The highest BCUT2D eigenvalue weighted by molar-refractivity contribution is 5.02. The SMILES string of the molecule is CC(O)c1cnc(C2CCN(C(C)C)CC2)o1. The van der Waals surface area contributed by atoms with E-state index in [1.54, 1.807) is 13.1 Å². The first kappa shape index (κ1) is 12.6. The first-order valence-electron chi connectivity index (χ1n) is 6.45. The molecule has 0 amide bonds. The van der Waals surface area contributed by atoms with E-state index < -0.39 is 6.10 Å². The van der Waals surface area contributed by atoms with E-state index in [2.05, 4.69) is 23.7 Å². The summed E-state index contributed by atoms with van der Waals surface area (Å²) in [5, 5.41) is 9.41. The van der Waals surface area contributed by atoms with Crippen molar-refractivity contribution < 1.29 is 9.52 Å². The van der Waals surface area contributed by atoms with Gasteiger partial charge in [-0.1, -0.05) is 0 Å². The lowest BCUT2D eigenvalue weighted by Crippen LogP contribution is -2.37. The van der Waals surface area contributed by atoms with Gasteiger partial charge >= 0.3 is 0 Å². The third kappa shape index (κ3) is 2.87. The molecule has 1 saturated heterocycles. The van der Waals surface area contributed by atoms with Gasteiger partial charge in [-0.15, -0.1) is 0 Å². The number of piperidine rings is 1. The number of hydrogen-bond acceptors (Lipinski definition) is 4. The maximum absolute atomic E-state index is 9.41. The van der Waals surface area contributed by atoms with E-state index in [1.165, 1.54) is 0 Å². The van der Waals surface area contributed by atoms with Crippen LogP contribution < -0.4 is 0 Å². The molecular formula is C13H22N2O2. The van der Waals surface area contributed by atoms with Crippen LogP contribution in [0.25, 0.3) is 0 Å². The van der Waals surface area contributed by atoms with Gasteiger partial charge in [0.05, 0.1) is 6.20 Å². The molecule has 1 atom stereocenters. The predicted molar refractivity (Wildman–Crippen MR) is 65.8 cm³/mol. The largest absolute Gasteiger partial charge is 0.443 e. The highest BCUT2D eigenvalue weighted by Gasteiger charge is 2.25. The quantitative estimate of drug-likeness (QED) is 0.878. The monoisotopic (exact) mass is 238 g/mol. The third-order valence-corrected chi connectivity index (χ3v) is 3.56. The maximum Gasteiger partial charge on any atom is 0.197 e. The zero-order valence-corrected chi connectivity index (χ0v) is 10.9. The van der Waals surface area contributed by atoms with Crippen LogP contribution >= 0.6 is 0 Å². The van der Waals surface area contributed by atoms with Crippen molar-refractivity contribution in [2.75, 3.05) is 13.1 Å². The second-order valence-corrected chi connectivity index (χ2v) is 5.18. The number of aliphatic hydroxyl groups excluding tert-OH is 1. The van der Waals surface area contributed by atoms with Gasteiger partial charge in [-0.3, -0.25) is 0 Å². The maximum atomic E-state index is 9.41. The zero-order chi connectivity index (χ0) is 12.4. The molecule has 17 heavy (non-hydrogen) atoms. The van der Waals surface area contributed by atoms with E-state index in [9.17, 15) is 5.11 Å². The van der Waals surface area contributed by atoms with Crippen molar-refractivity contribution in [1.29, 1.82) is 0 Å². The first-order valence-corrected chi connectivity index (χ1v) is 6.45. The molecule has 4 nitrogen and oxygen atoms in total. The summed E-state index contributed by atoms with van der Waals surface area (Å²) in [5.74, 6) is 1.79. The molecule has 0 aromatic carbocycles. The van der Waals surface area contributed by atoms with Gasteiger partial charge < -0.3 is 14.4 Å². The topological polar surface area (TPSA) is 49.5 Å². The fourth-order valence-electron chi connectivity index (χ4n) is 2.35. The Morgan fingerprint density at radius 2 is 2.00 bits per heavy atom. The fraction of sp³-hybridized carbons (Fsp3) is 0.769. The predicted octanol–water partition coefficient (Wildman–Crippen LogP) is 2.32. The second kappa shape index (κ2) is 5.19. The summed E-state index contributed by atoms with van der Waals surface area (Å²) in [6.07, 6.45) is 3.28. The van der Waals surface area contributed by atoms with Crippen molar-refractivity contribution in [2.45, 2.75) is 51.7 Å². The Hall–Kier alpha value is -0.870. The number of aromatic nitrogens is 1. The molecule has 1 N–H and O–H groups in total. The fourth-order valence-corrected chi connectivity index (χ4v) is 2.35. The summed E-state index contributed by atoms with van der Waals surface area (Å²) >= 11 is 0. The normalized spacial score (nSPS) is 21.0. The summed E-state index contributed by atoms with van der Waals surface area (Å²) in [7, 11) is 0. The number of oxazole rings is 1. The standard InChI is InChI=1S/C13H22N2O2/c1-9(2)15-6-4-11(5-7-15)13-14-8-12(17-13)10(3)16/h8-11,16H,4-7H2,1-3H3. The molecule has 96 valence electrons. The molecule has 1 fully saturated rings. The van der Waals surface area contributed by atoms with Crippen molar-refractivity contribution in [2.24, 2.45) is 0 Å². The minimum Gasteiger partial charge on any atom is -0.443 e. The lowest BCUT2D eigenvalue weighted by molar-refractivity contribution is 0.149. The van der Waals surface area contributed by atoms with E-state index in [0.717, 1.165) is 31.8 Å². The summed E-state index contributed by atoms with van der Waals surface area (Å²) in [6.45, 7) is 8.38. The van der Waals surface area contributed by atoms with Gasteiger partial charge in [-0.2, -0.15) is 0 Å². The average Bonchev–Trinajstić information content (AvgIpc) is 2.78. The molecule has 1 unspecified atom stereocenters. The highest BCUT2D eigenvalue weighted by Crippen LogP contribution is 2.29. The summed E-state index contributed by atoms with van der Waals surface area (Å²) in [6, 6.07) is 0.619. The van der Waals surface area contributed by atoms with Crippen molar-refractivity contribution in [3.05, 3.63) is 17.8 Å². The molecule has 0 radical (unpaired) electrons. The van der Waals surface area contributed by atoms with Crippen LogP contribution in [0, 0.1) is 0 Å². The minimum absolute atomic E-state index is 0.414. The Labute approximate surface area is 103 Å². The smallest absolute Gasteiger partial charge is 0.197 e. The second-order valence-electron chi connectivity index (χ2n) is 5.18. The van der Waals surface area contributed by atoms with Crippen molar-refractivity contribution in [3.63, 3.8) is 0 Å². The van der Waals surface area contributed by atoms with Gasteiger partial charge in [-0.25, -0.2) is 4.98 Å². The zero-order valence-electron chi connectivity index (χ0n) is 10.9. The van der Waals surface area contributed by atoms with Crippen LogP contribution in [0.1, 0.15) is 57.3 Å². The van der Waals surface area contributed by atoms with Crippen molar-refractivity contribution in [3.8, 4) is 0 Å². The molecule has 1 aliphatic heterocycles. The summed E-state index contributed by atoms with van der Waals surface area (Å²) in [5.41, 5.74) is 0. The molecule has 2 rings (SSSR count). The van der Waals surface area contributed by atoms with E-state index in [4.69, 9.17) is 4.42 Å². The Balaban J connectivity index is 1.96. The summed E-state index contributed by atoms with van der Waals surface area (Å²) in [4.78, 5) is 6.77. The molecule has 0 aliphatic carbocycles. The highest BCUT2D eigenvalue weighted by atomic mass is 16.4. The lowest BCUT2D eigenvalue weighted by atomic mass is 9.96. The van der Waals surface area contributed by atoms with Gasteiger partial charge in [0.1, 0.15) is 6.10 Å². The molecule has 1 aliphatic rings. The molecule has 0 saturated carbocycles. The third-order valence-electron chi connectivity index (χ3n) is 3.56. The molecule has 1 aromatic heterocycles. The molecule has 1 aromatic rings. The lowest BCUT2D eigenvalue weighted by Gasteiger charge is -2.33. The first-order chi connectivity index (χ1) is 8.08. The van der Waals surface area contributed by atoms with E-state index in [0.29, 0.717) is 17.7 Å². The van der Waals surface area contributed by atoms with Crippen molar-refractivity contribution in [1.82, 2.24) is 9.88 Å². The van der Waals surface area contributed by atoms with Crippen LogP contribution in [0.3, 0.4) is 0 Å². The van der Waals surface area contributed by atoms with Gasteiger partial charge in [0.25, 0.3) is 0 Å². The molecular weight excluding hydrogens is 216 g/mol. The number of nitrogens with zero attached hydrogens (tertiary/aromatic N) is 2. The minimum atomic E-state index is -0.563. The van der Waals surface area contributed by atoms with Gasteiger partial charge in [0.2, 0.25) is 0 Å². The molecule has 0 spiro atoms. The van der Waals surface area contributed by atoms with Crippen LogP contribution in [-0.4, -0.2) is 34.1 Å². The van der Waals surface area contributed by atoms with Gasteiger partial charge in [-0.05, 0) is 46.7 Å². The Bertz CT molecular complexity index is 352. The average molecular weight is 238 g/mol. The Kier molecular flexibility index (Phi) is 3.84. The van der Waals surface area contributed by atoms with Crippen LogP contribution in [0.4, 0.5) is 0 Å². The van der Waals surface area contributed by atoms with E-state index in [-0.39, 0.29) is 0 Å². The molecule has 2 heterocycles. The van der Waals surface area contributed by atoms with Crippen LogP contribution in [0.15, 0.2) is 10.6 Å². The Morgan fingerprint density at radius 1 is 1.35 bits per heavy atom. The number of rotatable bonds is 3. The Morgan fingerprint density at radius 3 is 2.47 bits per heavy atom. The number of likely N-dealkylation sites (tertiary alicyclic amines) is 1. The van der Waals surface area contributed by atoms with E-state index >= 15 is 0 Å². The van der Waals surface area contributed by atoms with Crippen LogP contribution in [-0.2, 0) is 0 Å². The van der Waals surface area contributed by atoms with Gasteiger partial charge in [0, 0.05) is 12.0 Å². The number of aliphatic hydroxyl groups is 1. The van der Waals surface area contributed by atoms with Crippen LogP contribution in [0.5, 0.6) is 0 Å². The molecule has 4 heteroatoms.